The van der Waals surface area contributed by atoms with Crippen LogP contribution in [0.15, 0.2) is 30.3 Å². The van der Waals surface area contributed by atoms with E-state index in [0.29, 0.717) is 6.42 Å². The second-order valence-corrected chi connectivity index (χ2v) is 4.64. The van der Waals surface area contributed by atoms with Crippen molar-refractivity contribution in [3.05, 3.63) is 42.8 Å². The highest BCUT2D eigenvalue weighted by atomic mass is 16.2. The van der Waals surface area contributed by atoms with Crippen LogP contribution in [0.3, 0.4) is 0 Å². The Balaban J connectivity index is 2.85. The first-order valence-corrected chi connectivity index (χ1v) is 7.13. The van der Waals surface area contributed by atoms with E-state index in [9.17, 15) is 4.79 Å². The third-order valence-corrected chi connectivity index (χ3v) is 3.09. The molecule has 1 N–H and O–H groups in total. The Morgan fingerprint density at radius 1 is 1.26 bits per heavy atom. The first kappa shape index (κ1) is 15.5. The zero-order valence-corrected chi connectivity index (χ0v) is 12.1. The van der Waals surface area contributed by atoms with Crippen LogP contribution < -0.4 is 5.32 Å². The molecule has 19 heavy (non-hydrogen) atoms. The molecule has 0 spiro atoms. The van der Waals surface area contributed by atoms with Crippen LogP contribution >= 0.6 is 0 Å². The van der Waals surface area contributed by atoms with Crippen molar-refractivity contribution in [2.24, 2.45) is 0 Å². The zero-order chi connectivity index (χ0) is 14.1. The van der Waals surface area contributed by atoms with Crippen molar-refractivity contribution in [1.82, 2.24) is 10.2 Å². The fourth-order valence-corrected chi connectivity index (χ4v) is 2.15. The van der Waals surface area contributed by atoms with Crippen molar-refractivity contribution in [3.8, 4) is 0 Å². The van der Waals surface area contributed by atoms with Gasteiger partial charge < -0.3 is 10.2 Å². The fraction of sp³-hybridized carbons (Fsp3) is 0.500. The number of benzene rings is 1. The molecule has 1 unspecified atom stereocenters. The van der Waals surface area contributed by atoms with Crippen LogP contribution in [0.25, 0.3) is 0 Å². The molecule has 3 nitrogen and oxygen atoms in total. The van der Waals surface area contributed by atoms with Gasteiger partial charge in [0.1, 0.15) is 0 Å². The van der Waals surface area contributed by atoms with Gasteiger partial charge in [-0.05, 0) is 24.8 Å². The summed E-state index contributed by atoms with van der Waals surface area (Å²) in [4.78, 5) is 14.2. The van der Waals surface area contributed by atoms with Crippen LogP contribution in [-0.4, -0.2) is 24.0 Å². The van der Waals surface area contributed by atoms with Crippen LogP contribution in [0.5, 0.6) is 0 Å². The van der Waals surface area contributed by atoms with E-state index in [1.165, 1.54) is 0 Å². The van der Waals surface area contributed by atoms with E-state index in [2.05, 4.69) is 38.2 Å². The van der Waals surface area contributed by atoms with Crippen molar-refractivity contribution in [3.63, 3.8) is 0 Å². The van der Waals surface area contributed by atoms with Gasteiger partial charge in [0.2, 0.25) is 0 Å². The zero-order valence-electron chi connectivity index (χ0n) is 12.1. The van der Waals surface area contributed by atoms with Gasteiger partial charge in [-0.15, -0.1) is 0 Å². The molecule has 0 fully saturated rings. The van der Waals surface area contributed by atoms with E-state index < -0.39 is 0 Å². The summed E-state index contributed by atoms with van der Waals surface area (Å²) in [6.07, 6.45) is 2.58. The molecule has 1 rings (SSSR count). The molecule has 105 valence electrons. The average Bonchev–Trinajstić information content (AvgIpc) is 2.45. The third-order valence-electron chi connectivity index (χ3n) is 3.09. The molecule has 0 saturated carbocycles. The molecule has 0 aliphatic heterocycles. The lowest BCUT2D eigenvalue weighted by atomic mass is 10.0. The number of amides is 2. The smallest absolute Gasteiger partial charge is 0.317 e. The van der Waals surface area contributed by atoms with Gasteiger partial charge in [0, 0.05) is 13.1 Å². The quantitative estimate of drug-likeness (QED) is 0.796. The molecule has 3 heteroatoms. The Morgan fingerprint density at radius 2 is 1.95 bits per heavy atom. The summed E-state index contributed by atoms with van der Waals surface area (Å²) >= 11 is 0. The Bertz CT molecular complexity index is 364. The molecule has 1 atom stereocenters. The van der Waals surface area contributed by atoms with Crippen molar-refractivity contribution in [2.75, 3.05) is 13.1 Å². The van der Waals surface area contributed by atoms with Gasteiger partial charge in [-0.1, -0.05) is 51.1 Å². The molecule has 0 saturated heterocycles. The lowest BCUT2D eigenvalue weighted by Crippen LogP contribution is -2.42. The number of nitrogens with one attached hydrogen (secondary N) is 1. The Labute approximate surface area is 117 Å². The Hall–Kier alpha value is -1.51. The van der Waals surface area contributed by atoms with E-state index in [1.54, 1.807) is 0 Å². The maximum absolute atomic E-state index is 12.3. The number of carbonyl (C=O) groups excluding carboxylic acids is 1. The topological polar surface area (TPSA) is 32.3 Å². The highest BCUT2D eigenvalue weighted by Crippen LogP contribution is 2.24. The molecule has 1 aromatic carbocycles. The first-order valence-electron chi connectivity index (χ1n) is 7.13. The van der Waals surface area contributed by atoms with Crippen LogP contribution in [0, 0.1) is 6.92 Å². The lowest BCUT2D eigenvalue weighted by molar-refractivity contribution is 0.174. The molecule has 1 aromatic rings. The number of nitrogens with zero attached hydrogens (tertiary/aromatic N) is 1. The van der Waals surface area contributed by atoms with E-state index in [4.69, 9.17) is 0 Å². The summed E-state index contributed by atoms with van der Waals surface area (Å²) in [5.74, 6) is 0. The standard InChI is InChI=1S/C16H25N2O/c1-4-12-17-16(19)18(13-5-2)15(6-3)14-10-8-7-9-11-14/h7-11,15H,3-6,12-13H2,1-2H3,(H,17,19). The summed E-state index contributed by atoms with van der Waals surface area (Å²) in [5, 5.41) is 2.96. The van der Waals surface area contributed by atoms with Gasteiger partial charge in [0.25, 0.3) is 0 Å². The number of urea groups is 1. The summed E-state index contributed by atoms with van der Waals surface area (Å²) in [7, 11) is 0. The van der Waals surface area contributed by atoms with Gasteiger partial charge in [-0.3, -0.25) is 0 Å². The number of carbonyl (C=O) groups is 1. The minimum atomic E-state index is 0.0150. The van der Waals surface area contributed by atoms with Gasteiger partial charge in [-0.2, -0.15) is 0 Å². The van der Waals surface area contributed by atoms with Gasteiger partial charge in [-0.25, -0.2) is 4.79 Å². The highest BCUT2D eigenvalue weighted by Gasteiger charge is 2.22. The summed E-state index contributed by atoms with van der Waals surface area (Å²) in [6.45, 7) is 9.63. The van der Waals surface area contributed by atoms with Gasteiger partial charge >= 0.3 is 6.03 Å². The second kappa shape index (κ2) is 8.57. The number of rotatable bonds is 7. The van der Waals surface area contributed by atoms with E-state index in [1.807, 2.05) is 23.1 Å². The third kappa shape index (κ3) is 4.58. The van der Waals surface area contributed by atoms with E-state index in [-0.39, 0.29) is 12.1 Å². The Kier molecular flexibility index (Phi) is 7.01. The summed E-state index contributed by atoms with van der Waals surface area (Å²) in [6, 6.07) is 10.2. The van der Waals surface area contributed by atoms with Crippen LogP contribution in [-0.2, 0) is 0 Å². The minimum Gasteiger partial charge on any atom is -0.338 e. The monoisotopic (exact) mass is 261 g/mol. The van der Waals surface area contributed by atoms with E-state index >= 15 is 0 Å². The molecule has 0 aliphatic rings. The molecule has 0 bridgehead atoms. The SMILES string of the molecule is [CH2]CC(c1ccccc1)N(CCC)C(=O)NCCC. The first-order chi connectivity index (χ1) is 9.24. The van der Waals surface area contributed by atoms with Gasteiger partial charge in [0.05, 0.1) is 6.04 Å². The molecule has 0 aliphatic carbocycles. The number of hydrogen-bond donors (Lipinski definition) is 1. The maximum atomic E-state index is 12.3. The summed E-state index contributed by atoms with van der Waals surface area (Å²) in [5.41, 5.74) is 1.15. The van der Waals surface area contributed by atoms with E-state index in [0.717, 1.165) is 31.5 Å². The maximum Gasteiger partial charge on any atom is 0.317 e. The molecule has 2 amide bonds. The van der Waals surface area contributed by atoms with Crippen molar-refractivity contribution < 1.29 is 4.79 Å². The van der Waals surface area contributed by atoms with Crippen molar-refractivity contribution in [2.45, 2.75) is 39.2 Å². The molecule has 0 heterocycles. The second-order valence-electron chi connectivity index (χ2n) is 4.64. The summed E-state index contributed by atoms with van der Waals surface area (Å²) < 4.78 is 0. The van der Waals surface area contributed by atoms with Crippen molar-refractivity contribution in [1.29, 1.82) is 0 Å². The minimum absolute atomic E-state index is 0.0150. The van der Waals surface area contributed by atoms with Crippen LogP contribution in [0.4, 0.5) is 4.79 Å². The molecule has 1 radical (unpaired) electrons. The molecular formula is C16H25N2O. The fourth-order valence-electron chi connectivity index (χ4n) is 2.15. The molecule has 0 aromatic heterocycles. The van der Waals surface area contributed by atoms with Gasteiger partial charge in [0.15, 0.2) is 0 Å². The molecular weight excluding hydrogens is 236 g/mol. The van der Waals surface area contributed by atoms with Crippen LogP contribution in [0.2, 0.25) is 0 Å². The highest BCUT2D eigenvalue weighted by molar-refractivity contribution is 5.74. The predicted molar refractivity (Wildman–Crippen MR) is 79.8 cm³/mol. The number of hydrogen-bond acceptors (Lipinski definition) is 1. The normalized spacial score (nSPS) is 11.9. The lowest BCUT2D eigenvalue weighted by Gasteiger charge is -2.31. The Morgan fingerprint density at radius 3 is 2.47 bits per heavy atom. The average molecular weight is 261 g/mol. The van der Waals surface area contributed by atoms with Crippen LogP contribution in [0.1, 0.15) is 44.7 Å². The largest absolute Gasteiger partial charge is 0.338 e. The predicted octanol–water partition coefficient (Wildman–Crippen LogP) is 3.78. The van der Waals surface area contributed by atoms with Crippen molar-refractivity contribution >= 4 is 6.03 Å².